The Morgan fingerprint density at radius 2 is 1.50 bits per heavy atom. The Kier molecular flexibility index (Phi) is 1.80. The minimum atomic E-state index is 0. The van der Waals surface area contributed by atoms with Crippen molar-refractivity contribution in [2.45, 2.75) is 26.2 Å². The van der Waals surface area contributed by atoms with E-state index < -0.39 is 0 Å². The summed E-state index contributed by atoms with van der Waals surface area (Å²) in [6.07, 6.45) is 0. The van der Waals surface area contributed by atoms with Crippen LogP contribution in [0.25, 0.3) is 0 Å². The Morgan fingerprint density at radius 1 is 1.00 bits per heavy atom. The lowest BCUT2D eigenvalue weighted by Crippen LogP contribution is -2.10. The molecule has 0 bridgehead atoms. The summed E-state index contributed by atoms with van der Waals surface area (Å²) in [4.78, 5) is 0. The molecule has 1 aromatic rings. The quantitative estimate of drug-likeness (QED) is 0.512. The van der Waals surface area contributed by atoms with Crippen LogP contribution in [0.5, 0.6) is 0 Å². The topological polar surface area (TPSA) is 0 Å². The molecule has 1 rings (SSSR count). The van der Waals surface area contributed by atoms with Crippen molar-refractivity contribution >= 4 is 0 Å². The normalized spacial score (nSPS) is 11.5. The second-order valence-electron chi connectivity index (χ2n) is 3.62. The number of hydrogen-bond acceptors (Lipinski definition) is 0. The van der Waals surface area contributed by atoms with Crippen molar-refractivity contribution in [2.75, 3.05) is 0 Å². The Morgan fingerprint density at radius 3 is 1.80 bits per heavy atom. The summed E-state index contributed by atoms with van der Waals surface area (Å²) >= 11 is 0. The van der Waals surface area contributed by atoms with Crippen LogP contribution in [-0.2, 0) is 5.41 Å². The Labute approximate surface area is 64.4 Å². The van der Waals surface area contributed by atoms with Gasteiger partial charge in [-0.2, -0.15) is 0 Å². The van der Waals surface area contributed by atoms with Crippen LogP contribution in [0.15, 0.2) is 30.3 Å². The monoisotopic (exact) mass is 135 g/mol. The van der Waals surface area contributed by atoms with E-state index >= 15 is 0 Å². The first-order valence-electron chi connectivity index (χ1n) is 3.66. The standard InChI is InChI=1S/C10H14/c1-10(2,3)9-7-5-4-6-8-9/h4-8H,1-3H3/p+1. The molecule has 0 aromatic heterocycles. The van der Waals surface area contributed by atoms with Crippen molar-refractivity contribution in [1.29, 1.82) is 0 Å². The molecule has 1 aromatic carbocycles. The predicted molar refractivity (Wildman–Crippen MR) is 46.3 cm³/mol. The fourth-order valence-corrected chi connectivity index (χ4v) is 0.938. The summed E-state index contributed by atoms with van der Waals surface area (Å²) in [6, 6.07) is 10.6. The van der Waals surface area contributed by atoms with Crippen molar-refractivity contribution in [3.05, 3.63) is 35.9 Å². The SMILES string of the molecule is CC(C)(C)c1ccccc1.[H+]. The molecule has 0 fully saturated rings. The second-order valence-corrected chi connectivity index (χ2v) is 3.62. The van der Waals surface area contributed by atoms with E-state index in [4.69, 9.17) is 0 Å². The molecule has 0 N–H and O–H groups in total. The van der Waals surface area contributed by atoms with Crippen LogP contribution in [-0.4, -0.2) is 0 Å². The molecule has 0 amide bonds. The smallest absolute Gasteiger partial charge is 0.0622 e. The molecule has 0 saturated carbocycles. The van der Waals surface area contributed by atoms with Crippen LogP contribution in [0.4, 0.5) is 0 Å². The van der Waals surface area contributed by atoms with Crippen LogP contribution in [0.1, 0.15) is 27.8 Å². The maximum atomic E-state index is 2.22. The van der Waals surface area contributed by atoms with Crippen LogP contribution in [0.3, 0.4) is 0 Å². The van der Waals surface area contributed by atoms with Crippen molar-refractivity contribution < 1.29 is 1.43 Å². The molecule has 0 aliphatic carbocycles. The number of hydrogen-bond donors (Lipinski definition) is 0. The van der Waals surface area contributed by atoms with E-state index in [0.29, 0.717) is 5.41 Å². The van der Waals surface area contributed by atoms with Gasteiger partial charge in [-0.05, 0) is 11.0 Å². The van der Waals surface area contributed by atoms with Gasteiger partial charge in [0.25, 0.3) is 0 Å². The van der Waals surface area contributed by atoms with E-state index in [9.17, 15) is 0 Å². The zero-order valence-corrected chi connectivity index (χ0v) is 6.89. The first-order chi connectivity index (χ1) is 4.61. The Balaban J connectivity index is 0.000001000. The molecule has 0 heterocycles. The van der Waals surface area contributed by atoms with Gasteiger partial charge in [-0.3, -0.25) is 0 Å². The average Bonchev–Trinajstić information content (AvgIpc) is 1.88. The van der Waals surface area contributed by atoms with Gasteiger partial charge < -0.3 is 0 Å². The van der Waals surface area contributed by atoms with E-state index in [1.165, 1.54) is 5.56 Å². The third kappa shape index (κ3) is 1.60. The first kappa shape index (κ1) is 7.33. The van der Waals surface area contributed by atoms with E-state index in [0.717, 1.165) is 0 Å². The third-order valence-corrected chi connectivity index (χ3v) is 1.64. The highest BCUT2D eigenvalue weighted by Crippen LogP contribution is 2.20. The first-order valence-corrected chi connectivity index (χ1v) is 3.66. The lowest BCUT2D eigenvalue weighted by Gasteiger charge is -2.18. The van der Waals surface area contributed by atoms with Crippen LogP contribution < -0.4 is 0 Å². The van der Waals surface area contributed by atoms with Gasteiger partial charge in [-0.25, -0.2) is 0 Å². The molecule has 0 unspecified atom stereocenters. The predicted octanol–water partition coefficient (Wildman–Crippen LogP) is 3.10. The van der Waals surface area contributed by atoms with Gasteiger partial charge in [0.2, 0.25) is 0 Å². The fourth-order valence-electron chi connectivity index (χ4n) is 0.938. The zero-order valence-electron chi connectivity index (χ0n) is 7.89. The van der Waals surface area contributed by atoms with E-state index in [1.807, 2.05) is 0 Å². The molecule has 0 aliphatic rings. The molecular formula is C10H15+. The summed E-state index contributed by atoms with van der Waals surface area (Å²) in [5, 5.41) is 0. The summed E-state index contributed by atoms with van der Waals surface area (Å²) in [7, 11) is 0. The van der Waals surface area contributed by atoms with Crippen molar-refractivity contribution in [1.82, 2.24) is 0 Å². The van der Waals surface area contributed by atoms with Crippen molar-refractivity contribution in [3.8, 4) is 0 Å². The minimum Gasteiger partial charge on any atom is -0.0622 e. The van der Waals surface area contributed by atoms with Gasteiger partial charge in [0, 0.05) is 0 Å². The molecule has 0 saturated heterocycles. The molecule has 0 nitrogen and oxygen atoms in total. The Bertz CT molecular complexity index is 196. The molecule has 54 valence electrons. The maximum Gasteiger partial charge on any atom is 1.00 e. The molecule has 0 radical (unpaired) electrons. The largest absolute Gasteiger partial charge is 1.00 e. The van der Waals surface area contributed by atoms with Gasteiger partial charge in [-0.15, -0.1) is 0 Å². The van der Waals surface area contributed by atoms with Gasteiger partial charge >= 0.3 is 1.43 Å². The number of benzene rings is 1. The summed E-state index contributed by atoms with van der Waals surface area (Å²) in [5.41, 5.74) is 1.69. The molecule has 0 atom stereocenters. The third-order valence-electron chi connectivity index (χ3n) is 1.64. The van der Waals surface area contributed by atoms with Gasteiger partial charge in [0.05, 0.1) is 0 Å². The van der Waals surface area contributed by atoms with E-state index in [2.05, 4.69) is 51.1 Å². The highest BCUT2D eigenvalue weighted by molar-refractivity contribution is 5.21. The maximum absolute atomic E-state index is 2.22. The van der Waals surface area contributed by atoms with E-state index in [-0.39, 0.29) is 1.43 Å². The van der Waals surface area contributed by atoms with Crippen molar-refractivity contribution in [3.63, 3.8) is 0 Å². The molecule has 0 heteroatoms. The van der Waals surface area contributed by atoms with Crippen LogP contribution in [0.2, 0.25) is 0 Å². The molecule has 0 spiro atoms. The summed E-state index contributed by atoms with van der Waals surface area (Å²) < 4.78 is 0. The van der Waals surface area contributed by atoms with E-state index in [1.54, 1.807) is 0 Å². The fraction of sp³-hybridized carbons (Fsp3) is 0.400. The zero-order chi connectivity index (χ0) is 7.61. The van der Waals surface area contributed by atoms with Gasteiger partial charge in [0.1, 0.15) is 0 Å². The summed E-state index contributed by atoms with van der Waals surface area (Å²) in [5.74, 6) is 0. The minimum absolute atomic E-state index is 0. The Hall–Kier alpha value is -0.780. The van der Waals surface area contributed by atoms with Crippen LogP contribution in [0, 0.1) is 0 Å². The highest BCUT2D eigenvalue weighted by atomic mass is 14.2. The second kappa shape index (κ2) is 2.45. The molecular weight excluding hydrogens is 120 g/mol. The average molecular weight is 135 g/mol. The van der Waals surface area contributed by atoms with Gasteiger partial charge in [0.15, 0.2) is 0 Å². The van der Waals surface area contributed by atoms with Crippen LogP contribution >= 0.6 is 0 Å². The molecule has 10 heavy (non-hydrogen) atoms. The van der Waals surface area contributed by atoms with Crippen molar-refractivity contribution in [2.24, 2.45) is 0 Å². The lowest BCUT2D eigenvalue weighted by molar-refractivity contribution is 0.590. The number of rotatable bonds is 0. The molecule has 0 aliphatic heterocycles. The van der Waals surface area contributed by atoms with Gasteiger partial charge in [-0.1, -0.05) is 51.1 Å². The lowest BCUT2D eigenvalue weighted by atomic mass is 9.87. The highest BCUT2D eigenvalue weighted by Gasteiger charge is 2.11. The summed E-state index contributed by atoms with van der Waals surface area (Å²) in [6.45, 7) is 6.67.